The van der Waals surface area contributed by atoms with E-state index in [1.807, 2.05) is 24.3 Å². The van der Waals surface area contributed by atoms with E-state index in [9.17, 15) is 4.79 Å². The lowest BCUT2D eigenvalue weighted by atomic mass is 10.0. The van der Waals surface area contributed by atoms with E-state index in [0.717, 1.165) is 29.1 Å². The minimum absolute atomic E-state index is 0.0522. The van der Waals surface area contributed by atoms with Gasteiger partial charge in [0.25, 0.3) is 0 Å². The minimum Gasteiger partial charge on any atom is -0.326 e. The van der Waals surface area contributed by atoms with Crippen LogP contribution in [0.25, 0.3) is 10.6 Å². The number of carbonyl (C=O) groups excluding carboxylic acids is 1. The van der Waals surface area contributed by atoms with Crippen LogP contribution in [0, 0.1) is 13.8 Å². The van der Waals surface area contributed by atoms with E-state index in [1.54, 1.807) is 0 Å². The number of aromatic nitrogens is 1. The largest absolute Gasteiger partial charge is 0.326 e. The summed E-state index contributed by atoms with van der Waals surface area (Å²) in [4.78, 5) is 18.0. The fourth-order valence-electron chi connectivity index (χ4n) is 3.01. The number of hydrogen-bond donors (Lipinski definition) is 1. The molecule has 1 heterocycles. The fraction of sp³-hybridized carbons (Fsp3) is 0.444. The number of rotatable bonds is 3. The molecule has 116 valence electrons. The van der Waals surface area contributed by atoms with Crippen molar-refractivity contribution in [1.82, 2.24) is 4.98 Å². The van der Waals surface area contributed by atoms with Gasteiger partial charge in [0.1, 0.15) is 5.01 Å². The lowest BCUT2D eigenvalue weighted by Gasteiger charge is -2.13. The van der Waals surface area contributed by atoms with Crippen molar-refractivity contribution in [2.75, 3.05) is 5.32 Å². The van der Waals surface area contributed by atoms with Crippen LogP contribution in [0.4, 0.5) is 5.69 Å². The summed E-state index contributed by atoms with van der Waals surface area (Å²) in [6.07, 6.45) is 5.29. The Morgan fingerprint density at radius 1 is 1.27 bits per heavy atom. The quantitative estimate of drug-likeness (QED) is 0.895. The van der Waals surface area contributed by atoms with Crippen LogP contribution >= 0.6 is 11.3 Å². The van der Waals surface area contributed by atoms with Crippen LogP contribution in [-0.4, -0.2) is 10.9 Å². The highest BCUT2D eigenvalue weighted by Gasteiger charge is 2.19. The maximum absolute atomic E-state index is 11.7. The van der Waals surface area contributed by atoms with Crippen LogP contribution in [0.2, 0.25) is 0 Å². The number of anilines is 1. The SMILES string of the molecule is CCC(=O)Nc1ccc(C)c(-c2nc3c(s2)CCCC3)c1C. The molecule has 0 unspecified atom stereocenters. The monoisotopic (exact) mass is 314 g/mol. The molecule has 0 bridgehead atoms. The second kappa shape index (κ2) is 6.21. The van der Waals surface area contributed by atoms with Gasteiger partial charge in [-0.1, -0.05) is 13.0 Å². The summed E-state index contributed by atoms with van der Waals surface area (Å²) in [6.45, 7) is 6.07. The average Bonchev–Trinajstić information content (AvgIpc) is 2.93. The van der Waals surface area contributed by atoms with Crippen LogP contribution in [0.3, 0.4) is 0 Å². The Morgan fingerprint density at radius 3 is 2.77 bits per heavy atom. The molecule has 1 aliphatic carbocycles. The molecule has 1 aromatic heterocycles. The fourth-order valence-corrected chi connectivity index (χ4v) is 4.33. The van der Waals surface area contributed by atoms with Crippen LogP contribution in [0.15, 0.2) is 12.1 Å². The van der Waals surface area contributed by atoms with E-state index in [2.05, 4.69) is 25.2 Å². The standard InChI is InChI=1S/C18H22N2OS/c1-4-16(21)19-13-10-9-11(2)17(12(13)3)18-20-14-7-5-6-8-15(14)22-18/h9-10H,4-8H2,1-3H3,(H,19,21). The van der Waals surface area contributed by atoms with Crippen molar-refractivity contribution in [1.29, 1.82) is 0 Å². The van der Waals surface area contributed by atoms with Gasteiger partial charge in [0.05, 0.1) is 5.69 Å². The Kier molecular flexibility index (Phi) is 4.30. The topological polar surface area (TPSA) is 42.0 Å². The van der Waals surface area contributed by atoms with Crippen molar-refractivity contribution in [2.24, 2.45) is 0 Å². The lowest BCUT2D eigenvalue weighted by molar-refractivity contribution is -0.115. The first-order valence-electron chi connectivity index (χ1n) is 7.99. The summed E-state index contributed by atoms with van der Waals surface area (Å²) in [7, 11) is 0. The number of fused-ring (bicyclic) bond motifs is 1. The number of benzene rings is 1. The second-order valence-corrected chi connectivity index (χ2v) is 7.01. The number of nitrogens with zero attached hydrogens (tertiary/aromatic N) is 1. The number of thiazole rings is 1. The number of amides is 1. The van der Waals surface area contributed by atoms with E-state index in [4.69, 9.17) is 4.98 Å². The third kappa shape index (κ3) is 2.80. The highest BCUT2D eigenvalue weighted by atomic mass is 32.1. The Hall–Kier alpha value is -1.68. The van der Waals surface area contributed by atoms with Crippen LogP contribution < -0.4 is 5.32 Å². The number of nitrogens with one attached hydrogen (secondary N) is 1. The van der Waals surface area contributed by atoms with Crippen LogP contribution in [0.1, 0.15) is 47.9 Å². The van der Waals surface area contributed by atoms with E-state index in [0.29, 0.717) is 6.42 Å². The molecule has 0 atom stereocenters. The smallest absolute Gasteiger partial charge is 0.224 e. The molecule has 0 saturated carbocycles. The molecular weight excluding hydrogens is 292 g/mol. The molecule has 0 radical (unpaired) electrons. The van der Waals surface area contributed by atoms with Crippen molar-refractivity contribution in [3.63, 3.8) is 0 Å². The summed E-state index contributed by atoms with van der Waals surface area (Å²) in [6, 6.07) is 4.07. The Balaban J connectivity index is 2.04. The third-order valence-corrected chi connectivity index (χ3v) is 5.50. The van der Waals surface area contributed by atoms with E-state index in [1.165, 1.54) is 34.5 Å². The van der Waals surface area contributed by atoms with Gasteiger partial charge in [0.2, 0.25) is 5.91 Å². The van der Waals surface area contributed by atoms with E-state index < -0.39 is 0 Å². The zero-order valence-electron chi connectivity index (χ0n) is 13.5. The van der Waals surface area contributed by atoms with Gasteiger partial charge in [-0.3, -0.25) is 4.79 Å². The zero-order chi connectivity index (χ0) is 15.7. The normalized spacial score (nSPS) is 13.8. The van der Waals surface area contributed by atoms with Crippen molar-refractivity contribution in [2.45, 2.75) is 52.9 Å². The lowest BCUT2D eigenvalue weighted by Crippen LogP contribution is -2.11. The molecule has 1 amide bonds. The summed E-state index contributed by atoms with van der Waals surface area (Å²) in [5, 5.41) is 4.10. The molecule has 1 aliphatic rings. The van der Waals surface area contributed by atoms with Crippen LogP contribution in [-0.2, 0) is 17.6 Å². The number of aryl methyl sites for hydroxylation is 3. The van der Waals surface area contributed by atoms with Gasteiger partial charge in [-0.15, -0.1) is 11.3 Å². The molecule has 0 aliphatic heterocycles. The molecule has 4 heteroatoms. The van der Waals surface area contributed by atoms with E-state index in [-0.39, 0.29) is 5.91 Å². The maximum Gasteiger partial charge on any atom is 0.224 e. The molecule has 1 aromatic carbocycles. The zero-order valence-corrected chi connectivity index (χ0v) is 14.3. The molecule has 0 saturated heterocycles. The van der Waals surface area contributed by atoms with Crippen molar-refractivity contribution in [3.05, 3.63) is 33.8 Å². The molecule has 3 nitrogen and oxygen atoms in total. The summed E-state index contributed by atoms with van der Waals surface area (Å²) in [5.41, 5.74) is 5.72. The molecule has 0 fully saturated rings. The molecule has 1 N–H and O–H groups in total. The summed E-state index contributed by atoms with van der Waals surface area (Å²) >= 11 is 1.83. The second-order valence-electron chi connectivity index (χ2n) is 5.93. The Bertz CT molecular complexity index is 695. The maximum atomic E-state index is 11.7. The first kappa shape index (κ1) is 15.2. The van der Waals surface area contributed by atoms with Gasteiger partial charge in [-0.25, -0.2) is 4.98 Å². The summed E-state index contributed by atoms with van der Waals surface area (Å²) in [5.74, 6) is 0.0522. The molecule has 3 rings (SSSR count). The third-order valence-electron chi connectivity index (χ3n) is 4.33. The highest BCUT2D eigenvalue weighted by molar-refractivity contribution is 7.15. The first-order valence-corrected chi connectivity index (χ1v) is 8.80. The van der Waals surface area contributed by atoms with Gasteiger partial charge < -0.3 is 5.32 Å². The van der Waals surface area contributed by atoms with Crippen molar-refractivity contribution < 1.29 is 4.79 Å². The average molecular weight is 314 g/mol. The number of hydrogen-bond acceptors (Lipinski definition) is 3. The van der Waals surface area contributed by atoms with Gasteiger partial charge in [-0.2, -0.15) is 0 Å². The predicted molar refractivity (Wildman–Crippen MR) is 92.6 cm³/mol. The number of carbonyl (C=O) groups is 1. The van der Waals surface area contributed by atoms with Crippen LogP contribution in [0.5, 0.6) is 0 Å². The van der Waals surface area contributed by atoms with Gasteiger partial charge in [0.15, 0.2) is 0 Å². The molecule has 2 aromatic rings. The minimum atomic E-state index is 0.0522. The first-order chi connectivity index (χ1) is 10.6. The van der Waals surface area contributed by atoms with Gasteiger partial charge >= 0.3 is 0 Å². The Labute approximate surface area is 135 Å². The Morgan fingerprint density at radius 2 is 2.05 bits per heavy atom. The highest BCUT2D eigenvalue weighted by Crippen LogP contribution is 2.37. The van der Waals surface area contributed by atoms with Crippen molar-refractivity contribution >= 4 is 22.9 Å². The summed E-state index contributed by atoms with van der Waals surface area (Å²) < 4.78 is 0. The van der Waals surface area contributed by atoms with Gasteiger partial charge in [0, 0.05) is 22.5 Å². The molecule has 22 heavy (non-hydrogen) atoms. The molecular formula is C18H22N2OS. The van der Waals surface area contributed by atoms with Gasteiger partial charge in [-0.05, 0) is 56.7 Å². The molecule has 0 spiro atoms. The van der Waals surface area contributed by atoms with Crippen molar-refractivity contribution in [3.8, 4) is 10.6 Å². The van der Waals surface area contributed by atoms with E-state index >= 15 is 0 Å². The predicted octanol–water partition coefficient (Wildman–Crippen LogP) is 4.65.